The van der Waals surface area contributed by atoms with Crippen molar-refractivity contribution in [1.29, 1.82) is 0 Å². The van der Waals surface area contributed by atoms with Crippen LogP contribution >= 0.6 is 11.6 Å². The number of anilines is 1. The zero-order valence-electron chi connectivity index (χ0n) is 20.9. The van der Waals surface area contributed by atoms with Crippen molar-refractivity contribution in [3.05, 3.63) is 52.4 Å². The lowest BCUT2D eigenvalue weighted by atomic mass is 9.68. The molecule has 198 valence electrons. The van der Waals surface area contributed by atoms with Crippen LogP contribution in [0.5, 0.6) is 5.88 Å². The first-order valence-electron chi connectivity index (χ1n) is 12.6. The molecular formula is C26H31ClFN5O4. The Hall–Kier alpha value is -2.95. The summed E-state index contributed by atoms with van der Waals surface area (Å²) in [5, 5.41) is 13.0. The summed E-state index contributed by atoms with van der Waals surface area (Å²) >= 11 is 6.08. The second kappa shape index (κ2) is 10.1. The van der Waals surface area contributed by atoms with E-state index in [1.165, 1.54) is 17.0 Å². The molecular weight excluding hydrogens is 501 g/mol. The Morgan fingerprint density at radius 3 is 2.73 bits per heavy atom. The van der Waals surface area contributed by atoms with Gasteiger partial charge >= 0.3 is 6.09 Å². The fourth-order valence-electron chi connectivity index (χ4n) is 6.14. The minimum atomic E-state index is -1.60. The first-order chi connectivity index (χ1) is 17.8. The third-order valence-electron chi connectivity index (χ3n) is 7.93. The predicted molar refractivity (Wildman–Crippen MR) is 137 cm³/mol. The van der Waals surface area contributed by atoms with E-state index in [0.717, 1.165) is 25.9 Å². The molecule has 2 unspecified atom stereocenters. The van der Waals surface area contributed by atoms with Crippen molar-refractivity contribution in [2.45, 2.75) is 37.3 Å². The maximum atomic E-state index is 15.0. The summed E-state index contributed by atoms with van der Waals surface area (Å²) in [7, 11) is 2.09. The van der Waals surface area contributed by atoms with Gasteiger partial charge in [-0.1, -0.05) is 17.7 Å². The Morgan fingerprint density at radius 2 is 2.03 bits per heavy atom. The van der Waals surface area contributed by atoms with Crippen molar-refractivity contribution in [3.63, 3.8) is 0 Å². The number of piperazine rings is 1. The number of nitrogens with zero attached hydrogens (tertiary/aromatic N) is 4. The van der Waals surface area contributed by atoms with Crippen LogP contribution in [0.25, 0.3) is 0 Å². The maximum absolute atomic E-state index is 15.0. The predicted octanol–water partition coefficient (Wildman–Crippen LogP) is 3.27. The zero-order valence-corrected chi connectivity index (χ0v) is 21.7. The van der Waals surface area contributed by atoms with Crippen LogP contribution in [0, 0.1) is 5.82 Å². The number of hydrogen-bond donors (Lipinski definition) is 2. The Bertz CT molecular complexity index is 1210. The molecule has 0 saturated carbocycles. The number of ether oxygens (including phenoxy) is 1. The standard InChI is InChI=1S/C26H31ClFN5O4/c1-3-37-23-17(5-4-8-29-23)26(18-13-20(28)19(27)14-21(18)30-24(26)34)22-15-32(11-12-33(22)25(35)36)16-6-9-31(2)10-7-16/h4-5,8,13-14,16,22H,3,6-7,9-12,15H2,1-2H3,(H,30,34)(H,35,36). The van der Waals surface area contributed by atoms with Gasteiger partial charge in [0, 0.05) is 48.7 Å². The molecule has 0 radical (unpaired) electrons. The lowest BCUT2D eigenvalue weighted by molar-refractivity contribution is -0.122. The van der Waals surface area contributed by atoms with Crippen molar-refractivity contribution >= 4 is 29.3 Å². The molecule has 9 nitrogen and oxygen atoms in total. The lowest BCUT2D eigenvalue weighted by Gasteiger charge is -2.50. The molecule has 0 bridgehead atoms. The van der Waals surface area contributed by atoms with E-state index < -0.39 is 29.3 Å². The number of likely N-dealkylation sites (tertiary alicyclic amines) is 1. The van der Waals surface area contributed by atoms with Gasteiger partial charge in [-0.3, -0.25) is 9.69 Å². The SMILES string of the molecule is CCOc1ncccc1C1(C2CN(C3CCN(C)CC3)CCN2C(=O)O)C(=O)Nc2cc(Cl)c(F)cc21. The van der Waals surface area contributed by atoms with Gasteiger partial charge in [-0.05, 0) is 58.1 Å². The van der Waals surface area contributed by atoms with Crippen LogP contribution in [0.3, 0.4) is 0 Å². The summed E-state index contributed by atoms with van der Waals surface area (Å²) in [6.45, 7) is 5.07. The second-order valence-corrected chi connectivity index (χ2v) is 10.3. The van der Waals surface area contributed by atoms with Gasteiger partial charge in [-0.2, -0.15) is 0 Å². The first kappa shape index (κ1) is 25.7. The Kier molecular flexibility index (Phi) is 6.99. The highest BCUT2D eigenvalue weighted by molar-refractivity contribution is 6.31. The molecule has 2 amide bonds. The number of pyridine rings is 1. The van der Waals surface area contributed by atoms with E-state index in [9.17, 15) is 19.1 Å². The molecule has 1 aromatic carbocycles. The van der Waals surface area contributed by atoms with Gasteiger partial charge in [0.05, 0.1) is 17.7 Å². The van der Waals surface area contributed by atoms with Gasteiger partial charge in [0.25, 0.3) is 0 Å². The van der Waals surface area contributed by atoms with Crippen LogP contribution in [-0.4, -0.2) is 95.3 Å². The molecule has 5 rings (SSSR count). The average molecular weight is 532 g/mol. The number of halogens is 2. The van der Waals surface area contributed by atoms with E-state index in [4.69, 9.17) is 16.3 Å². The quantitative estimate of drug-likeness (QED) is 0.611. The Balaban J connectivity index is 1.71. The highest BCUT2D eigenvalue weighted by Gasteiger charge is 2.59. The summed E-state index contributed by atoms with van der Waals surface area (Å²) in [6.07, 6.45) is 2.32. The molecule has 37 heavy (non-hydrogen) atoms. The third kappa shape index (κ3) is 4.30. The summed E-state index contributed by atoms with van der Waals surface area (Å²) in [4.78, 5) is 37.0. The highest BCUT2D eigenvalue weighted by Crippen LogP contribution is 2.51. The van der Waals surface area contributed by atoms with Crippen LogP contribution < -0.4 is 10.1 Å². The fraction of sp³-hybridized carbons (Fsp3) is 0.500. The number of rotatable bonds is 5. The Morgan fingerprint density at radius 1 is 1.27 bits per heavy atom. The largest absolute Gasteiger partial charge is 0.478 e. The van der Waals surface area contributed by atoms with Crippen molar-refractivity contribution < 1.29 is 23.8 Å². The van der Waals surface area contributed by atoms with E-state index in [1.807, 2.05) is 0 Å². The number of piperidine rings is 1. The normalized spacial score (nSPS) is 25.1. The van der Waals surface area contributed by atoms with Crippen LogP contribution in [0.1, 0.15) is 30.9 Å². The zero-order chi connectivity index (χ0) is 26.3. The van der Waals surface area contributed by atoms with Gasteiger partial charge in [0.2, 0.25) is 11.8 Å². The molecule has 4 heterocycles. The smallest absolute Gasteiger partial charge is 0.407 e. The van der Waals surface area contributed by atoms with Gasteiger partial charge in [-0.25, -0.2) is 14.2 Å². The monoisotopic (exact) mass is 531 g/mol. The van der Waals surface area contributed by atoms with Gasteiger partial charge in [0.15, 0.2) is 0 Å². The molecule has 0 aliphatic carbocycles. The number of carbonyl (C=O) groups is 2. The highest BCUT2D eigenvalue weighted by atomic mass is 35.5. The molecule has 2 aromatic rings. The number of aromatic nitrogens is 1. The van der Waals surface area contributed by atoms with Crippen molar-refractivity contribution in [2.24, 2.45) is 0 Å². The van der Waals surface area contributed by atoms with E-state index in [0.29, 0.717) is 36.5 Å². The molecule has 3 aliphatic heterocycles. The minimum absolute atomic E-state index is 0.127. The van der Waals surface area contributed by atoms with E-state index in [1.54, 1.807) is 25.3 Å². The molecule has 0 spiro atoms. The topological polar surface area (TPSA) is 98.2 Å². The molecule has 2 N–H and O–H groups in total. The van der Waals surface area contributed by atoms with Gasteiger partial charge < -0.3 is 25.0 Å². The second-order valence-electron chi connectivity index (χ2n) is 9.88. The maximum Gasteiger partial charge on any atom is 0.407 e. The third-order valence-corrected chi connectivity index (χ3v) is 8.22. The Labute approximate surface area is 220 Å². The number of carboxylic acid groups (broad SMARTS) is 1. The van der Waals surface area contributed by atoms with Crippen molar-refractivity contribution in [2.75, 3.05) is 51.7 Å². The van der Waals surface area contributed by atoms with Crippen molar-refractivity contribution in [3.8, 4) is 5.88 Å². The number of hydrogen-bond acceptors (Lipinski definition) is 6. The molecule has 3 aliphatic rings. The lowest BCUT2D eigenvalue weighted by Crippen LogP contribution is -2.66. The fourth-order valence-corrected chi connectivity index (χ4v) is 6.30. The van der Waals surface area contributed by atoms with Crippen LogP contribution in [-0.2, 0) is 10.2 Å². The molecule has 1 aromatic heterocycles. The van der Waals surface area contributed by atoms with E-state index >= 15 is 0 Å². The van der Waals surface area contributed by atoms with Crippen LogP contribution in [0.4, 0.5) is 14.9 Å². The summed E-state index contributed by atoms with van der Waals surface area (Å²) in [5.41, 5.74) is -0.516. The average Bonchev–Trinajstić information content (AvgIpc) is 3.16. The van der Waals surface area contributed by atoms with E-state index in [2.05, 4.69) is 27.1 Å². The number of benzene rings is 1. The number of fused-ring (bicyclic) bond motifs is 1. The molecule has 11 heteroatoms. The number of carbonyl (C=O) groups excluding carboxylic acids is 1. The number of nitrogens with one attached hydrogen (secondary N) is 1. The first-order valence-corrected chi connectivity index (χ1v) is 13.0. The molecule has 2 saturated heterocycles. The summed E-state index contributed by atoms with van der Waals surface area (Å²) in [6, 6.07) is 5.42. The van der Waals surface area contributed by atoms with Crippen LogP contribution in [0.15, 0.2) is 30.5 Å². The number of amides is 2. The van der Waals surface area contributed by atoms with Crippen molar-refractivity contribution in [1.82, 2.24) is 19.7 Å². The minimum Gasteiger partial charge on any atom is -0.478 e. The van der Waals surface area contributed by atoms with Gasteiger partial charge in [-0.15, -0.1) is 0 Å². The van der Waals surface area contributed by atoms with Crippen LogP contribution in [0.2, 0.25) is 5.02 Å². The summed E-state index contributed by atoms with van der Waals surface area (Å²) in [5.74, 6) is -0.933. The molecule has 2 fully saturated rings. The summed E-state index contributed by atoms with van der Waals surface area (Å²) < 4.78 is 20.8. The van der Waals surface area contributed by atoms with E-state index in [-0.39, 0.29) is 23.5 Å². The molecule has 2 atom stereocenters. The van der Waals surface area contributed by atoms with Gasteiger partial charge in [0.1, 0.15) is 11.2 Å².